The minimum absolute atomic E-state index is 0.0397. The van der Waals surface area contributed by atoms with Gasteiger partial charge in [-0.1, -0.05) is 0 Å². The molecule has 114 valence electrons. The minimum atomic E-state index is -4.08. The third-order valence-corrected chi connectivity index (χ3v) is 4.23. The van der Waals surface area contributed by atoms with Gasteiger partial charge in [0.1, 0.15) is 0 Å². The Morgan fingerprint density at radius 2 is 1.95 bits per heavy atom. The van der Waals surface area contributed by atoms with Crippen LogP contribution in [-0.2, 0) is 7.05 Å². The summed E-state index contributed by atoms with van der Waals surface area (Å²) in [5.74, 6) is -0.546. The molecule has 1 unspecified atom stereocenters. The van der Waals surface area contributed by atoms with Crippen molar-refractivity contribution in [2.24, 2.45) is 24.6 Å². The van der Waals surface area contributed by atoms with E-state index in [2.05, 4.69) is 5.10 Å². The molecule has 1 aromatic rings. The Labute approximate surface area is 116 Å². The molecule has 4 nitrogen and oxygen atoms in total. The van der Waals surface area contributed by atoms with Crippen molar-refractivity contribution in [1.29, 1.82) is 0 Å². The number of aromatic nitrogens is 2. The number of halogens is 3. The smallest absolute Gasteiger partial charge is 0.391 e. The molecule has 0 amide bonds. The van der Waals surface area contributed by atoms with Gasteiger partial charge < -0.3 is 10.5 Å². The molecular formula is C13H20F3N3O. The highest BCUT2D eigenvalue weighted by Crippen LogP contribution is 2.43. The number of hydrogen-bond donors (Lipinski definition) is 1. The second kappa shape index (κ2) is 5.63. The van der Waals surface area contributed by atoms with E-state index in [4.69, 9.17) is 10.5 Å². The van der Waals surface area contributed by atoms with Gasteiger partial charge in [-0.3, -0.25) is 4.68 Å². The van der Waals surface area contributed by atoms with Gasteiger partial charge in [-0.2, -0.15) is 18.3 Å². The standard InChI is InChI=1S/C13H20F3N3O/c1-19-12(10(20-2)7-18-19)11(17)8-3-5-9(6-4-8)13(14,15)16/h7-9,11H,3-6,17H2,1-2H3. The van der Waals surface area contributed by atoms with Crippen LogP contribution < -0.4 is 10.5 Å². The first-order chi connectivity index (χ1) is 9.34. The maximum absolute atomic E-state index is 12.7. The lowest BCUT2D eigenvalue weighted by Crippen LogP contribution is -2.32. The average molecular weight is 291 g/mol. The van der Waals surface area contributed by atoms with E-state index in [-0.39, 0.29) is 24.8 Å². The third kappa shape index (κ3) is 2.92. The van der Waals surface area contributed by atoms with Gasteiger partial charge in [0.15, 0.2) is 5.75 Å². The lowest BCUT2D eigenvalue weighted by atomic mass is 9.77. The van der Waals surface area contributed by atoms with Gasteiger partial charge in [0.05, 0.1) is 31.0 Å². The van der Waals surface area contributed by atoms with Crippen LogP contribution in [0, 0.1) is 11.8 Å². The number of ether oxygens (including phenoxy) is 1. The zero-order valence-electron chi connectivity index (χ0n) is 11.7. The molecule has 0 saturated heterocycles. The first kappa shape index (κ1) is 15.2. The lowest BCUT2D eigenvalue weighted by Gasteiger charge is -2.33. The van der Waals surface area contributed by atoms with Gasteiger partial charge in [0.25, 0.3) is 0 Å². The zero-order chi connectivity index (χ0) is 14.9. The fourth-order valence-corrected chi connectivity index (χ4v) is 2.99. The monoisotopic (exact) mass is 291 g/mol. The number of rotatable bonds is 3. The van der Waals surface area contributed by atoms with Gasteiger partial charge >= 0.3 is 6.18 Å². The summed E-state index contributed by atoms with van der Waals surface area (Å²) >= 11 is 0. The predicted molar refractivity (Wildman–Crippen MR) is 68.2 cm³/mol. The number of hydrogen-bond acceptors (Lipinski definition) is 3. The Hall–Kier alpha value is -1.24. The van der Waals surface area contributed by atoms with E-state index in [0.29, 0.717) is 18.6 Å². The second-order valence-corrected chi connectivity index (χ2v) is 5.40. The van der Waals surface area contributed by atoms with Gasteiger partial charge in [-0.05, 0) is 31.6 Å². The molecule has 0 radical (unpaired) electrons. The average Bonchev–Trinajstić information content (AvgIpc) is 2.78. The Morgan fingerprint density at radius 3 is 2.45 bits per heavy atom. The summed E-state index contributed by atoms with van der Waals surface area (Å²) in [6.07, 6.45) is -1.22. The molecule has 1 heterocycles. The summed E-state index contributed by atoms with van der Waals surface area (Å²) in [5.41, 5.74) is 6.98. The Kier molecular flexibility index (Phi) is 4.27. The molecule has 1 aliphatic rings. The van der Waals surface area contributed by atoms with Crippen LogP contribution in [0.2, 0.25) is 0 Å². The van der Waals surface area contributed by atoms with Crippen molar-refractivity contribution in [3.8, 4) is 5.75 Å². The molecular weight excluding hydrogens is 271 g/mol. The molecule has 1 atom stereocenters. The number of alkyl halides is 3. The highest BCUT2D eigenvalue weighted by molar-refractivity contribution is 5.28. The quantitative estimate of drug-likeness (QED) is 0.931. The van der Waals surface area contributed by atoms with Crippen LogP contribution in [0.25, 0.3) is 0 Å². The van der Waals surface area contributed by atoms with Crippen molar-refractivity contribution in [3.63, 3.8) is 0 Å². The topological polar surface area (TPSA) is 53.1 Å². The van der Waals surface area contributed by atoms with Gasteiger partial charge in [0, 0.05) is 7.05 Å². The maximum Gasteiger partial charge on any atom is 0.391 e. The highest BCUT2D eigenvalue weighted by Gasteiger charge is 2.42. The van der Waals surface area contributed by atoms with Crippen molar-refractivity contribution < 1.29 is 17.9 Å². The van der Waals surface area contributed by atoms with Crippen LogP contribution >= 0.6 is 0 Å². The van der Waals surface area contributed by atoms with Crippen molar-refractivity contribution >= 4 is 0 Å². The summed E-state index contributed by atoms with van der Waals surface area (Å²) in [6.45, 7) is 0. The summed E-state index contributed by atoms with van der Waals surface area (Å²) in [5, 5.41) is 4.09. The van der Waals surface area contributed by atoms with Crippen molar-refractivity contribution in [3.05, 3.63) is 11.9 Å². The lowest BCUT2D eigenvalue weighted by molar-refractivity contribution is -0.184. The molecule has 2 N–H and O–H groups in total. The second-order valence-electron chi connectivity index (χ2n) is 5.40. The molecule has 1 saturated carbocycles. The van der Waals surface area contributed by atoms with Gasteiger partial charge in [0.2, 0.25) is 0 Å². The fourth-order valence-electron chi connectivity index (χ4n) is 2.99. The van der Waals surface area contributed by atoms with Crippen LogP contribution in [0.5, 0.6) is 5.75 Å². The number of aryl methyl sites for hydroxylation is 1. The first-order valence-corrected chi connectivity index (χ1v) is 6.72. The fraction of sp³-hybridized carbons (Fsp3) is 0.769. The van der Waals surface area contributed by atoms with E-state index >= 15 is 0 Å². The number of nitrogens with zero attached hydrogens (tertiary/aromatic N) is 2. The van der Waals surface area contributed by atoms with E-state index in [1.165, 1.54) is 7.11 Å². The normalized spacial score (nSPS) is 25.5. The van der Waals surface area contributed by atoms with Crippen LogP contribution in [0.3, 0.4) is 0 Å². The largest absolute Gasteiger partial charge is 0.493 e. The Morgan fingerprint density at radius 1 is 1.35 bits per heavy atom. The van der Waals surface area contributed by atoms with Gasteiger partial charge in [-0.25, -0.2) is 0 Å². The zero-order valence-corrected chi connectivity index (χ0v) is 11.7. The van der Waals surface area contributed by atoms with Crippen LogP contribution in [0.15, 0.2) is 6.20 Å². The molecule has 2 rings (SSSR count). The maximum atomic E-state index is 12.7. The Bertz CT molecular complexity index is 450. The van der Waals surface area contributed by atoms with E-state index in [0.717, 1.165) is 5.69 Å². The van der Waals surface area contributed by atoms with Crippen LogP contribution in [-0.4, -0.2) is 23.1 Å². The summed E-state index contributed by atoms with van der Waals surface area (Å²) in [7, 11) is 3.30. The van der Waals surface area contributed by atoms with E-state index in [9.17, 15) is 13.2 Å². The first-order valence-electron chi connectivity index (χ1n) is 6.72. The van der Waals surface area contributed by atoms with Crippen LogP contribution in [0.1, 0.15) is 37.4 Å². The molecule has 20 heavy (non-hydrogen) atoms. The molecule has 0 aliphatic heterocycles. The highest BCUT2D eigenvalue weighted by atomic mass is 19.4. The molecule has 0 spiro atoms. The van der Waals surface area contributed by atoms with Crippen molar-refractivity contribution in [1.82, 2.24) is 9.78 Å². The Balaban J connectivity index is 2.05. The molecule has 0 bridgehead atoms. The number of nitrogens with two attached hydrogens (primary N) is 1. The summed E-state index contributed by atoms with van der Waals surface area (Å²) in [4.78, 5) is 0. The molecule has 1 fully saturated rings. The molecule has 0 aromatic carbocycles. The molecule has 1 aromatic heterocycles. The minimum Gasteiger partial charge on any atom is -0.493 e. The van der Waals surface area contributed by atoms with Crippen LogP contribution in [0.4, 0.5) is 13.2 Å². The van der Waals surface area contributed by atoms with Crippen molar-refractivity contribution in [2.45, 2.75) is 37.9 Å². The SMILES string of the molecule is COc1cnn(C)c1C(N)C1CCC(C(F)(F)F)CC1. The number of methoxy groups -OCH3 is 1. The van der Waals surface area contributed by atoms with E-state index in [1.807, 2.05) is 0 Å². The van der Waals surface area contributed by atoms with Gasteiger partial charge in [-0.15, -0.1) is 0 Å². The molecule has 7 heteroatoms. The van der Waals surface area contributed by atoms with E-state index in [1.54, 1.807) is 17.9 Å². The van der Waals surface area contributed by atoms with Crippen molar-refractivity contribution in [2.75, 3.05) is 7.11 Å². The third-order valence-electron chi connectivity index (χ3n) is 4.23. The predicted octanol–water partition coefficient (Wildman–Crippen LogP) is 2.80. The summed E-state index contributed by atoms with van der Waals surface area (Å²) in [6, 6.07) is -0.341. The summed E-state index contributed by atoms with van der Waals surface area (Å²) < 4.78 is 44.8. The molecule has 1 aliphatic carbocycles. The van der Waals surface area contributed by atoms with E-state index < -0.39 is 12.1 Å².